The molecule has 0 aromatic heterocycles. The first-order valence-electron chi connectivity index (χ1n) is 8.78. The summed E-state index contributed by atoms with van der Waals surface area (Å²) >= 11 is 0. The van der Waals surface area contributed by atoms with Gasteiger partial charge >= 0.3 is 0 Å². The molecular weight excluding hydrogens is 324 g/mol. The smallest absolute Gasteiger partial charge is 0.246 e. The number of carbonyl (C=O) groups excluding carboxylic acids is 1. The van der Waals surface area contributed by atoms with Gasteiger partial charge in [-0.1, -0.05) is 31.9 Å². The molecule has 0 unspecified atom stereocenters. The monoisotopic (exact) mass is 352 g/mol. The summed E-state index contributed by atoms with van der Waals surface area (Å²) in [5, 5.41) is 21.9. The third-order valence-electron chi connectivity index (χ3n) is 3.64. The lowest BCUT2D eigenvalue weighted by Gasteiger charge is -1.97. The predicted octanol–water partition coefficient (Wildman–Crippen LogP) is 4.98. The van der Waals surface area contributed by atoms with E-state index in [-0.39, 0.29) is 22.7 Å². The lowest BCUT2D eigenvalue weighted by atomic mass is 10.1. The van der Waals surface area contributed by atoms with Crippen molar-refractivity contribution in [3.8, 4) is 0 Å². The van der Waals surface area contributed by atoms with Crippen molar-refractivity contribution in [3.63, 3.8) is 0 Å². The van der Waals surface area contributed by atoms with Crippen molar-refractivity contribution in [2.24, 2.45) is 0 Å². The van der Waals surface area contributed by atoms with Gasteiger partial charge in [-0.2, -0.15) is 0 Å². The molecule has 0 aromatic carbocycles. The maximum atomic E-state index is 11.0. The summed E-state index contributed by atoms with van der Waals surface area (Å²) < 4.78 is 0. The van der Waals surface area contributed by atoms with Crippen molar-refractivity contribution in [2.75, 3.05) is 0 Å². The first-order valence-corrected chi connectivity index (χ1v) is 8.78. The maximum Gasteiger partial charge on any atom is 0.246 e. The van der Waals surface area contributed by atoms with Gasteiger partial charge in [0.2, 0.25) is 11.4 Å². The van der Waals surface area contributed by atoms with Crippen LogP contribution in [0.5, 0.6) is 0 Å². The van der Waals surface area contributed by atoms with Gasteiger partial charge in [-0.15, -0.1) is 0 Å². The molecule has 0 aliphatic carbocycles. The third kappa shape index (κ3) is 12.7. The Morgan fingerprint density at radius 1 is 0.880 bits per heavy atom. The van der Waals surface area contributed by atoms with Crippen LogP contribution in [0.4, 0.5) is 0 Å². The molecule has 0 bridgehead atoms. The molecule has 7 nitrogen and oxygen atoms in total. The number of hydrogen-bond donors (Lipinski definition) is 0. The highest BCUT2D eigenvalue weighted by Gasteiger charge is 2.09. The molecule has 0 aliphatic heterocycles. The predicted molar refractivity (Wildman–Crippen MR) is 97.2 cm³/mol. The third-order valence-corrected chi connectivity index (χ3v) is 3.64. The first-order chi connectivity index (χ1) is 12.0. The summed E-state index contributed by atoms with van der Waals surface area (Å²) in [6.07, 6.45) is 13.7. The number of rotatable bonds is 15. The SMILES string of the molecule is CCCCC/C(=C\C/C=C\C/C(=C\CCCCC=O)[N+](=O)[O-])[N+](=O)[O-]. The molecule has 0 atom stereocenters. The Balaban J connectivity index is 4.40. The Kier molecular flexibility index (Phi) is 13.8. The molecule has 140 valence electrons. The van der Waals surface area contributed by atoms with Crippen LogP contribution in [0.3, 0.4) is 0 Å². The lowest BCUT2D eigenvalue weighted by Crippen LogP contribution is -1.99. The Bertz CT molecular complexity index is 510. The van der Waals surface area contributed by atoms with Crippen LogP contribution in [-0.4, -0.2) is 16.1 Å². The van der Waals surface area contributed by atoms with Gasteiger partial charge < -0.3 is 4.79 Å². The Morgan fingerprint density at radius 2 is 1.56 bits per heavy atom. The van der Waals surface area contributed by atoms with Crippen LogP contribution < -0.4 is 0 Å². The fourth-order valence-corrected chi connectivity index (χ4v) is 2.20. The van der Waals surface area contributed by atoms with Crippen molar-refractivity contribution in [3.05, 3.63) is 55.9 Å². The van der Waals surface area contributed by atoms with Crippen molar-refractivity contribution in [2.45, 2.75) is 71.1 Å². The zero-order valence-corrected chi connectivity index (χ0v) is 14.9. The number of nitro groups is 2. The minimum absolute atomic E-state index is 0.115. The van der Waals surface area contributed by atoms with E-state index in [0.29, 0.717) is 25.7 Å². The summed E-state index contributed by atoms with van der Waals surface area (Å²) in [6.45, 7) is 2.04. The van der Waals surface area contributed by atoms with Crippen LogP contribution in [0.15, 0.2) is 35.7 Å². The fourth-order valence-electron chi connectivity index (χ4n) is 2.20. The quantitative estimate of drug-likeness (QED) is 0.136. The van der Waals surface area contributed by atoms with Crippen molar-refractivity contribution in [1.29, 1.82) is 0 Å². The molecule has 0 spiro atoms. The molecule has 0 saturated carbocycles. The van der Waals surface area contributed by atoms with E-state index in [9.17, 15) is 25.0 Å². The highest BCUT2D eigenvalue weighted by molar-refractivity contribution is 5.48. The molecule has 0 N–H and O–H groups in total. The Morgan fingerprint density at radius 3 is 2.16 bits per heavy atom. The van der Waals surface area contributed by atoms with Crippen LogP contribution in [0.25, 0.3) is 0 Å². The molecule has 0 amide bonds. The van der Waals surface area contributed by atoms with E-state index in [1.165, 1.54) is 0 Å². The minimum Gasteiger partial charge on any atom is -0.303 e. The normalized spacial score (nSPS) is 12.5. The Labute approximate surface area is 148 Å². The molecule has 0 fully saturated rings. The van der Waals surface area contributed by atoms with Gasteiger partial charge in [-0.3, -0.25) is 20.2 Å². The van der Waals surface area contributed by atoms with Crippen molar-refractivity contribution < 1.29 is 14.6 Å². The summed E-state index contributed by atoms with van der Waals surface area (Å²) in [4.78, 5) is 31.3. The molecule has 0 aromatic rings. The topological polar surface area (TPSA) is 103 Å². The number of allylic oxidation sites excluding steroid dienone is 5. The van der Waals surface area contributed by atoms with E-state index >= 15 is 0 Å². The number of aldehydes is 1. The molecule has 0 aliphatic rings. The van der Waals surface area contributed by atoms with E-state index in [2.05, 4.69) is 0 Å². The number of hydrogen-bond acceptors (Lipinski definition) is 5. The summed E-state index contributed by atoms with van der Waals surface area (Å²) in [7, 11) is 0. The highest BCUT2D eigenvalue weighted by Crippen LogP contribution is 2.12. The van der Waals surface area contributed by atoms with Crippen LogP contribution in [-0.2, 0) is 4.79 Å². The van der Waals surface area contributed by atoms with Crippen molar-refractivity contribution >= 4 is 6.29 Å². The van der Waals surface area contributed by atoms with Gasteiger partial charge in [0.1, 0.15) is 6.29 Å². The highest BCUT2D eigenvalue weighted by atomic mass is 16.6. The van der Waals surface area contributed by atoms with Crippen LogP contribution in [0, 0.1) is 20.2 Å². The zero-order valence-electron chi connectivity index (χ0n) is 14.9. The molecule has 0 radical (unpaired) electrons. The largest absolute Gasteiger partial charge is 0.303 e. The van der Waals surface area contributed by atoms with Crippen LogP contribution in [0.2, 0.25) is 0 Å². The molecular formula is C18H28N2O5. The average molecular weight is 352 g/mol. The second kappa shape index (κ2) is 15.2. The van der Waals surface area contributed by atoms with E-state index in [1.807, 2.05) is 6.92 Å². The number of unbranched alkanes of at least 4 members (excludes halogenated alkanes) is 5. The van der Waals surface area contributed by atoms with Gasteiger partial charge in [0, 0.05) is 12.8 Å². The first kappa shape index (κ1) is 22.7. The zero-order chi connectivity index (χ0) is 18.9. The maximum absolute atomic E-state index is 11.0. The van der Waals surface area contributed by atoms with E-state index in [0.717, 1.165) is 38.4 Å². The van der Waals surface area contributed by atoms with Gasteiger partial charge in [-0.25, -0.2) is 0 Å². The average Bonchev–Trinajstić information content (AvgIpc) is 2.57. The van der Waals surface area contributed by atoms with Gasteiger partial charge in [-0.05, 0) is 44.3 Å². The number of nitrogens with zero attached hydrogens (tertiary/aromatic N) is 2. The Hall–Kier alpha value is -2.31. The summed E-state index contributed by atoms with van der Waals surface area (Å²) in [6, 6.07) is 0. The van der Waals surface area contributed by atoms with E-state index < -0.39 is 4.92 Å². The molecule has 7 heteroatoms. The standard InChI is InChI=1S/C18H28N2O5/c1-2-3-7-12-17(19(22)23)14-9-6-10-15-18(20(24)25)13-8-4-5-11-16-21/h6,10,13-14,16H,2-5,7-9,11-12,15H2,1H3/b10-6-,17-14+,18-13+. The second-order valence-electron chi connectivity index (χ2n) is 5.72. The van der Waals surface area contributed by atoms with Gasteiger partial charge in [0.25, 0.3) is 0 Å². The molecule has 0 saturated heterocycles. The second-order valence-corrected chi connectivity index (χ2v) is 5.72. The summed E-state index contributed by atoms with van der Waals surface area (Å²) in [5.41, 5.74) is 0.321. The fraction of sp³-hybridized carbons (Fsp3) is 0.611. The van der Waals surface area contributed by atoms with E-state index in [4.69, 9.17) is 0 Å². The van der Waals surface area contributed by atoms with Crippen LogP contribution >= 0.6 is 0 Å². The van der Waals surface area contributed by atoms with Crippen LogP contribution in [0.1, 0.15) is 71.1 Å². The summed E-state index contributed by atoms with van der Waals surface area (Å²) in [5.74, 6) is 0. The lowest BCUT2D eigenvalue weighted by molar-refractivity contribution is -0.428. The van der Waals surface area contributed by atoms with Gasteiger partial charge in [0.05, 0.1) is 16.3 Å². The van der Waals surface area contributed by atoms with Crippen molar-refractivity contribution in [1.82, 2.24) is 0 Å². The molecule has 25 heavy (non-hydrogen) atoms. The molecule has 0 rings (SSSR count). The van der Waals surface area contributed by atoms with E-state index in [1.54, 1.807) is 24.3 Å². The molecule has 0 heterocycles. The number of carbonyl (C=O) groups is 1. The van der Waals surface area contributed by atoms with Gasteiger partial charge in [0.15, 0.2) is 0 Å². The minimum atomic E-state index is -0.410.